The highest BCUT2D eigenvalue weighted by atomic mass is 35.5. The van der Waals surface area contributed by atoms with Gasteiger partial charge in [0.05, 0.1) is 17.1 Å². The zero-order valence-electron chi connectivity index (χ0n) is 12.4. The Bertz CT molecular complexity index is 763. The van der Waals surface area contributed by atoms with Crippen LogP contribution in [0.1, 0.15) is 16.0 Å². The van der Waals surface area contributed by atoms with Gasteiger partial charge >= 0.3 is 6.18 Å². The number of alkyl halides is 3. The van der Waals surface area contributed by atoms with Gasteiger partial charge in [-0.25, -0.2) is 4.98 Å². The Hall–Kier alpha value is -1.80. The van der Waals surface area contributed by atoms with Crippen molar-refractivity contribution >= 4 is 34.7 Å². The van der Waals surface area contributed by atoms with E-state index in [1.165, 1.54) is 4.88 Å². The predicted molar refractivity (Wildman–Crippen MR) is 86.2 cm³/mol. The van der Waals surface area contributed by atoms with Crippen LogP contribution >= 0.6 is 22.9 Å². The number of halogens is 4. The van der Waals surface area contributed by atoms with Crippen LogP contribution in [0.3, 0.4) is 0 Å². The molecule has 9 heteroatoms. The third-order valence-electron chi connectivity index (χ3n) is 3.74. The topological polar surface area (TPSA) is 45.2 Å². The summed E-state index contributed by atoms with van der Waals surface area (Å²) in [6.07, 6.45) is -2.99. The van der Waals surface area contributed by atoms with Crippen LogP contribution in [0.15, 0.2) is 23.7 Å². The number of carbonyl (C=O) groups is 1. The van der Waals surface area contributed by atoms with Crippen molar-refractivity contribution in [2.45, 2.75) is 19.1 Å². The number of nitrogens with one attached hydrogen (secondary N) is 1. The summed E-state index contributed by atoms with van der Waals surface area (Å²) in [6, 6.07) is 2.79. The van der Waals surface area contributed by atoms with E-state index in [-0.39, 0.29) is 23.3 Å². The lowest BCUT2D eigenvalue weighted by Gasteiger charge is -2.27. The molecule has 2 aromatic heterocycles. The van der Waals surface area contributed by atoms with Crippen LogP contribution < -0.4 is 5.32 Å². The maximum absolute atomic E-state index is 12.6. The van der Waals surface area contributed by atoms with Crippen LogP contribution in [0.5, 0.6) is 0 Å². The predicted octanol–water partition coefficient (Wildman–Crippen LogP) is 3.81. The van der Waals surface area contributed by atoms with E-state index in [4.69, 9.17) is 11.6 Å². The van der Waals surface area contributed by atoms with E-state index in [1.54, 1.807) is 16.2 Å². The van der Waals surface area contributed by atoms with Crippen molar-refractivity contribution < 1.29 is 18.0 Å². The number of amides is 1. The van der Waals surface area contributed by atoms with Gasteiger partial charge in [-0.3, -0.25) is 4.79 Å². The van der Waals surface area contributed by atoms with Crippen LogP contribution in [0.25, 0.3) is 0 Å². The minimum Gasteiger partial charge on any atom is -0.360 e. The summed E-state index contributed by atoms with van der Waals surface area (Å²) in [5, 5.41) is 4.54. The molecule has 128 valence electrons. The molecule has 1 amide bonds. The molecular formula is C15H13ClF3N3OS. The Morgan fingerprint density at radius 3 is 2.96 bits per heavy atom. The monoisotopic (exact) mass is 375 g/mol. The molecule has 24 heavy (non-hydrogen) atoms. The Balaban J connectivity index is 1.61. The number of carbonyl (C=O) groups excluding carboxylic acids is 1. The number of pyridine rings is 1. The van der Waals surface area contributed by atoms with Gasteiger partial charge < -0.3 is 10.2 Å². The molecule has 0 unspecified atom stereocenters. The molecule has 0 saturated heterocycles. The minimum absolute atomic E-state index is 0.0613. The zero-order chi connectivity index (χ0) is 17.3. The van der Waals surface area contributed by atoms with E-state index in [0.29, 0.717) is 19.3 Å². The summed E-state index contributed by atoms with van der Waals surface area (Å²) in [4.78, 5) is 18.9. The van der Waals surface area contributed by atoms with Crippen molar-refractivity contribution in [2.24, 2.45) is 0 Å². The number of nitrogens with zero attached hydrogens (tertiary/aromatic N) is 2. The molecule has 0 radical (unpaired) electrons. The molecule has 3 rings (SSSR count). The number of hydrogen-bond acceptors (Lipinski definition) is 4. The fourth-order valence-electron chi connectivity index (χ4n) is 2.46. The highest BCUT2D eigenvalue weighted by molar-refractivity contribution is 7.10. The number of fused-ring (bicyclic) bond motifs is 1. The first kappa shape index (κ1) is 17.0. The Kier molecular flexibility index (Phi) is 4.69. The molecule has 0 bridgehead atoms. The van der Waals surface area contributed by atoms with Crippen LogP contribution in [-0.4, -0.2) is 28.9 Å². The Morgan fingerprint density at radius 2 is 2.25 bits per heavy atom. The first-order chi connectivity index (χ1) is 11.3. The van der Waals surface area contributed by atoms with Crippen LogP contribution in [0.2, 0.25) is 5.02 Å². The molecule has 0 saturated carbocycles. The fourth-order valence-corrected chi connectivity index (χ4v) is 3.58. The van der Waals surface area contributed by atoms with Crippen molar-refractivity contribution in [1.29, 1.82) is 0 Å². The molecule has 0 aromatic carbocycles. The molecule has 1 aliphatic heterocycles. The molecule has 2 aromatic rings. The van der Waals surface area contributed by atoms with Gasteiger partial charge in [0, 0.05) is 24.2 Å². The van der Waals surface area contributed by atoms with Crippen LogP contribution in [-0.2, 0) is 23.9 Å². The van der Waals surface area contributed by atoms with E-state index in [9.17, 15) is 18.0 Å². The SMILES string of the molecule is O=C(CNc1ncc(C(F)(F)F)cc1Cl)N1CCc2sccc2C1. The Morgan fingerprint density at radius 1 is 1.46 bits per heavy atom. The molecule has 1 aliphatic rings. The average Bonchev–Trinajstić information content (AvgIpc) is 3.00. The summed E-state index contributed by atoms with van der Waals surface area (Å²) >= 11 is 7.49. The van der Waals surface area contributed by atoms with Crippen molar-refractivity contribution in [3.63, 3.8) is 0 Å². The van der Waals surface area contributed by atoms with E-state index in [1.807, 2.05) is 11.4 Å². The first-order valence-electron chi connectivity index (χ1n) is 7.14. The number of rotatable bonds is 3. The normalized spacial score (nSPS) is 14.4. The van der Waals surface area contributed by atoms with Crippen LogP contribution in [0, 0.1) is 0 Å². The van der Waals surface area contributed by atoms with Gasteiger partial charge in [0.2, 0.25) is 5.91 Å². The largest absolute Gasteiger partial charge is 0.417 e. The number of thiophene rings is 1. The lowest BCUT2D eigenvalue weighted by Crippen LogP contribution is -2.38. The zero-order valence-corrected chi connectivity index (χ0v) is 13.9. The summed E-state index contributed by atoms with van der Waals surface area (Å²) in [6.45, 7) is 1.10. The summed E-state index contributed by atoms with van der Waals surface area (Å²) < 4.78 is 37.7. The quantitative estimate of drug-likeness (QED) is 0.887. The Labute approximate surface area is 145 Å². The number of hydrogen-bond donors (Lipinski definition) is 1. The lowest BCUT2D eigenvalue weighted by molar-refractivity contribution is -0.137. The van der Waals surface area contributed by atoms with Crippen molar-refractivity contribution in [1.82, 2.24) is 9.88 Å². The summed E-state index contributed by atoms with van der Waals surface area (Å²) in [5.74, 6) is -0.0872. The van der Waals surface area contributed by atoms with Gasteiger partial charge in [-0.1, -0.05) is 11.6 Å². The van der Waals surface area contributed by atoms with Gasteiger partial charge in [-0.05, 0) is 29.5 Å². The third kappa shape index (κ3) is 3.64. The van der Waals surface area contributed by atoms with E-state index in [0.717, 1.165) is 18.1 Å². The molecule has 1 N–H and O–H groups in total. The second kappa shape index (κ2) is 6.60. The lowest BCUT2D eigenvalue weighted by atomic mass is 10.1. The van der Waals surface area contributed by atoms with E-state index >= 15 is 0 Å². The maximum Gasteiger partial charge on any atom is 0.417 e. The third-order valence-corrected chi connectivity index (χ3v) is 5.05. The molecule has 0 spiro atoms. The first-order valence-corrected chi connectivity index (χ1v) is 8.40. The van der Waals surface area contributed by atoms with Gasteiger partial charge in [-0.15, -0.1) is 11.3 Å². The highest BCUT2D eigenvalue weighted by Crippen LogP contribution is 2.32. The van der Waals surface area contributed by atoms with E-state index in [2.05, 4.69) is 10.3 Å². The van der Waals surface area contributed by atoms with Crippen molar-refractivity contribution in [2.75, 3.05) is 18.4 Å². The van der Waals surface area contributed by atoms with Gasteiger partial charge in [-0.2, -0.15) is 13.2 Å². The fraction of sp³-hybridized carbons (Fsp3) is 0.333. The van der Waals surface area contributed by atoms with Gasteiger partial charge in [0.15, 0.2) is 0 Å². The molecule has 3 heterocycles. The summed E-state index contributed by atoms with van der Waals surface area (Å²) in [5.41, 5.74) is 0.218. The average molecular weight is 376 g/mol. The molecule has 4 nitrogen and oxygen atoms in total. The molecule has 0 aliphatic carbocycles. The second-order valence-electron chi connectivity index (χ2n) is 5.34. The number of anilines is 1. The van der Waals surface area contributed by atoms with E-state index < -0.39 is 11.7 Å². The van der Waals surface area contributed by atoms with Crippen molar-refractivity contribution in [3.8, 4) is 0 Å². The second-order valence-corrected chi connectivity index (χ2v) is 6.75. The maximum atomic E-state index is 12.6. The van der Waals surface area contributed by atoms with Gasteiger partial charge in [0.1, 0.15) is 5.82 Å². The van der Waals surface area contributed by atoms with Crippen LogP contribution in [0.4, 0.5) is 19.0 Å². The molecule has 0 fully saturated rings. The smallest absolute Gasteiger partial charge is 0.360 e. The minimum atomic E-state index is -4.50. The number of aromatic nitrogens is 1. The molecule has 0 atom stereocenters. The van der Waals surface area contributed by atoms with Crippen molar-refractivity contribution in [3.05, 3.63) is 44.7 Å². The highest BCUT2D eigenvalue weighted by Gasteiger charge is 2.31. The van der Waals surface area contributed by atoms with Gasteiger partial charge in [0.25, 0.3) is 0 Å². The standard InChI is InChI=1S/C15H13ClF3N3OS/c16-11-5-10(15(17,18)19)6-20-14(11)21-7-13(23)22-3-1-12-9(8-22)2-4-24-12/h2,4-6H,1,3,7-8H2,(H,20,21). The summed E-state index contributed by atoms with van der Waals surface area (Å²) in [7, 11) is 0. The molecular weight excluding hydrogens is 363 g/mol.